The Kier molecular flexibility index (Phi) is 16.4. The Hall–Kier alpha value is -5.09. The Morgan fingerprint density at radius 3 is 2.29 bits per heavy atom. The third-order valence-electron chi connectivity index (χ3n) is 9.29. The molecule has 1 aliphatic carbocycles. The number of aryl methyl sites for hydroxylation is 1. The van der Waals surface area contributed by atoms with Crippen LogP contribution in [0.1, 0.15) is 55.2 Å². The first-order chi connectivity index (χ1) is 26.3. The van der Waals surface area contributed by atoms with Gasteiger partial charge in [0.1, 0.15) is 17.4 Å². The van der Waals surface area contributed by atoms with E-state index < -0.39 is 41.9 Å². The van der Waals surface area contributed by atoms with Crippen molar-refractivity contribution in [3.05, 3.63) is 74.6 Å². The number of amides is 5. The number of thioether (sulfide) groups is 1. The second-order valence-electron chi connectivity index (χ2n) is 13.4. The van der Waals surface area contributed by atoms with E-state index >= 15 is 0 Å². The van der Waals surface area contributed by atoms with E-state index in [0.29, 0.717) is 54.7 Å². The van der Waals surface area contributed by atoms with Gasteiger partial charge in [0.2, 0.25) is 29.5 Å². The van der Waals surface area contributed by atoms with Crippen molar-refractivity contribution < 1.29 is 43.4 Å². The van der Waals surface area contributed by atoms with E-state index in [2.05, 4.69) is 26.6 Å². The number of carboxylic acid groups (broad SMARTS) is 1. The molecular weight excluding hydrogens is 754 g/mol. The van der Waals surface area contributed by atoms with Gasteiger partial charge in [-0.3, -0.25) is 28.8 Å². The van der Waals surface area contributed by atoms with Gasteiger partial charge in [-0.25, -0.2) is 4.79 Å². The van der Waals surface area contributed by atoms with Gasteiger partial charge in [0.15, 0.2) is 0 Å². The molecule has 1 heterocycles. The summed E-state index contributed by atoms with van der Waals surface area (Å²) in [6.45, 7) is 1.43. The number of fused-ring (bicyclic) bond motifs is 1. The number of halogens is 1. The van der Waals surface area contributed by atoms with E-state index in [4.69, 9.17) is 21.1 Å². The highest BCUT2D eigenvalue weighted by Crippen LogP contribution is 2.31. The number of hydrogen-bond donors (Lipinski definition) is 7. The standard InChI is InChI=1S/C38H46ClN5O10S/c1-22-26-14-28(39)30(45)16-31(26)54-38(53)27(22)15-32(46)42-18-34(48)43-19-33(47)41-17-23-9-11-25(12-10-23)36(51)44-29(37(52)40-13-5-8-35(49)50)21-55-20-24-6-3-2-4-7-24/h2-4,6-7,14,16,23,25,29,45H,5,8-13,15,17-21H2,1H3,(H,40,52)(H,41,47)(H,42,46)(H,43,48)(H,44,51)(H,49,50)/t23?,25?,29-/m0/s1. The van der Waals surface area contributed by atoms with Crippen LogP contribution in [0.2, 0.25) is 5.02 Å². The highest BCUT2D eigenvalue weighted by atomic mass is 35.5. The Morgan fingerprint density at radius 2 is 1.60 bits per heavy atom. The molecule has 0 bridgehead atoms. The van der Waals surface area contributed by atoms with Gasteiger partial charge in [0.25, 0.3) is 0 Å². The largest absolute Gasteiger partial charge is 0.506 e. The Bertz CT molecular complexity index is 1920. The zero-order valence-electron chi connectivity index (χ0n) is 30.4. The molecular formula is C38H46ClN5O10S. The molecule has 0 unspecified atom stereocenters. The van der Waals surface area contributed by atoms with E-state index in [9.17, 15) is 38.7 Å². The molecule has 4 rings (SSSR count). The lowest BCUT2D eigenvalue weighted by atomic mass is 9.81. The Labute approximate surface area is 326 Å². The number of hydrogen-bond acceptors (Lipinski definition) is 10. The summed E-state index contributed by atoms with van der Waals surface area (Å²) in [5.41, 5.74) is 0.977. The van der Waals surface area contributed by atoms with Crippen LogP contribution in [0.3, 0.4) is 0 Å². The molecule has 296 valence electrons. The molecule has 1 aliphatic rings. The third kappa shape index (κ3) is 13.6. The van der Waals surface area contributed by atoms with Gasteiger partial charge < -0.3 is 41.2 Å². The number of phenolic OH excluding ortho intramolecular Hbond substituents is 1. The maximum Gasteiger partial charge on any atom is 0.340 e. The number of rotatable bonds is 19. The SMILES string of the molecule is Cc1c(CC(=O)NCC(=O)NCC(=O)NCC2CCC(C(=O)N[C@@H](CSCc3ccccc3)C(=O)NCCCC(=O)O)CC2)c(=O)oc2cc(O)c(Cl)cc12. The van der Waals surface area contributed by atoms with Crippen LogP contribution in [-0.2, 0) is 40.9 Å². The van der Waals surface area contributed by atoms with Gasteiger partial charge in [-0.05, 0) is 62.1 Å². The van der Waals surface area contributed by atoms with E-state index in [1.165, 1.54) is 23.9 Å². The number of carbonyl (C=O) groups is 6. The van der Waals surface area contributed by atoms with E-state index in [0.717, 1.165) is 5.56 Å². The van der Waals surface area contributed by atoms with E-state index in [-0.39, 0.29) is 77.9 Å². The van der Waals surface area contributed by atoms with Crippen molar-refractivity contribution in [1.82, 2.24) is 26.6 Å². The molecule has 0 aliphatic heterocycles. The average Bonchev–Trinajstić information content (AvgIpc) is 3.16. The minimum atomic E-state index is -0.946. The number of aromatic hydroxyl groups is 1. The second kappa shape index (κ2) is 21.1. The fourth-order valence-corrected chi connectivity index (χ4v) is 7.29. The summed E-state index contributed by atoms with van der Waals surface area (Å²) in [5.74, 6) is -2.57. The summed E-state index contributed by atoms with van der Waals surface area (Å²) in [5, 5.41) is 32.5. The number of carboxylic acids is 1. The molecule has 0 spiro atoms. The van der Waals surface area contributed by atoms with Crippen LogP contribution >= 0.6 is 23.4 Å². The molecule has 55 heavy (non-hydrogen) atoms. The number of carbonyl (C=O) groups excluding carboxylic acids is 5. The number of nitrogens with one attached hydrogen (secondary N) is 5. The molecule has 17 heteroatoms. The van der Waals surface area contributed by atoms with Crippen molar-refractivity contribution in [2.75, 3.05) is 31.9 Å². The van der Waals surface area contributed by atoms with Crippen LogP contribution in [0.25, 0.3) is 11.0 Å². The lowest BCUT2D eigenvalue weighted by molar-refractivity contribution is -0.137. The number of benzene rings is 2. The molecule has 2 aromatic carbocycles. The lowest BCUT2D eigenvalue weighted by Crippen LogP contribution is -2.50. The van der Waals surface area contributed by atoms with Crippen LogP contribution in [0.5, 0.6) is 5.75 Å². The van der Waals surface area contributed by atoms with Crippen molar-refractivity contribution in [2.24, 2.45) is 11.8 Å². The van der Waals surface area contributed by atoms with Gasteiger partial charge >= 0.3 is 11.6 Å². The summed E-state index contributed by atoms with van der Waals surface area (Å²) < 4.78 is 5.22. The highest BCUT2D eigenvalue weighted by Gasteiger charge is 2.30. The zero-order chi connectivity index (χ0) is 39.9. The Morgan fingerprint density at radius 1 is 0.927 bits per heavy atom. The molecule has 3 aromatic rings. The molecule has 1 atom stereocenters. The zero-order valence-corrected chi connectivity index (χ0v) is 32.0. The lowest BCUT2D eigenvalue weighted by Gasteiger charge is -2.29. The van der Waals surface area contributed by atoms with Crippen LogP contribution in [-0.4, -0.2) is 83.7 Å². The van der Waals surface area contributed by atoms with Crippen molar-refractivity contribution in [2.45, 2.75) is 63.7 Å². The van der Waals surface area contributed by atoms with Crippen LogP contribution < -0.4 is 32.2 Å². The Balaban J connectivity index is 1.14. The summed E-state index contributed by atoms with van der Waals surface area (Å²) in [7, 11) is 0. The average molecular weight is 800 g/mol. The van der Waals surface area contributed by atoms with Gasteiger partial charge in [-0.15, -0.1) is 0 Å². The van der Waals surface area contributed by atoms with Crippen LogP contribution in [0.15, 0.2) is 51.7 Å². The van der Waals surface area contributed by atoms with Crippen molar-refractivity contribution in [3.8, 4) is 5.75 Å². The van der Waals surface area contributed by atoms with Gasteiger partial charge in [-0.2, -0.15) is 11.8 Å². The predicted molar refractivity (Wildman–Crippen MR) is 206 cm³/mol. The fourth-order valence-electron chi connectivity index (χ4n) is 6.11. The first-order valence-corrected chi connectivity index (χ1v) is 19.5. The summed E-state index contributed by atoms with van der Waals surface area (Å²) >= 11 is 7.50. The highest BCUT2D eigenvalue weighted by molar-refractivity contribution is 7.98. The van der Waals surface area contributed by atoms with Gasteiger partial charge in [0.05, 0.1) is 30.1 Å². The third-order valence-corrected chi connectivity index (χ3v) is 10.7. The van der Waals surface area contributed by atoms with Crippen molar-refractivity contribution in [3.63, 3.8) is 0 Å². The molecule has 5 amide bonds. The van der Waals surface area contributed by atoms with Crippen molar-refractivity contribution in [1.29, 1.82) is 0 Å². The van der Waals surface area contributed by atoms with Gasteiger partial charge in [-0.1, -0.05) is 41.9 Å². The van der Waals surface area contributed by atoms with Gasteiger partial charge in [0, 0.05) is 48.4 Å². The summed E-state index contributed by atoms with van der Waals surface area (Å²) in [4.78, 5) is 86.8. The van der Waals surface area contributed by atoms with Crippen LogP contribution in [0, 0.1) is 18.8 Å². The smallest absolute Gasteiger partial charge is 0.340 e. The molecule has 1 saturated carbocycles. The number of aliphatic carboxylic acids is 1. The summed E-state index contributed by atoms with van der Waals surface area (Å²) in [6, 6.07) is 11.6. The van der Waals surface area contributed by atoms with E-state index in [1.54, 1.807) is 6.92 Å². The topological polar surface area (TPSA) is 233 Å². The quantitative estimate of drug-likeness (QED) is 0.0688. The first kappa shape index (κ1) is 42.6. The molecule has 0 saturated heterocycles. The molecule has 7 N–H and O–H groups in total. The summed E-state index contributed by atoms with van der Waals surface area (Å²) in [6.07, 6.45) is 2.36. The fraction of sp³-hybridized carbons (Fsp3) is 0.447. The number of phenols is 1. The van der Waals surface area contributed by atoms with Crippen LogP contribution in [0.4, 0.5) is 0 Å². The minimum absolute atomic E-state index is 0.0558. The molecule has 1 fully saturated rings. The second-order valence-corrected chi connectivity index (χ2v) is 14.8. The predicted octanol–water partition coefficient (Wildman–Crippen LogP) is 2.56. The molecule has 0 radical (unpaired) electrons. The monoisotopic (exact) mass is 799 g/mol. The van der Waals surface area contributed by atoms with E-state index in [1.807, 2.05) is 30.3 Å². The van der Waals surface area contributed by atoms with Crippen molar-refractivity contribution >= 4 is 69.8 Å². The minimum Gasteiger partial charge on any atom is -0.506 e. The normalized spacial score (nSPS) is 15.7. The molecule has 15 nitrogen and oxygen atoms in total. The maximum absolute atomic E-state index is 13.2. The first-order valence-electron chi connectivity index (χ1n) is 18.0. The molecule has 1 aromatic heterocycles. The maximum atomic E-state index is 13.2.